The van der Waals surface area contributed by atoms with Crippen molar-refractivity contribution in [3.63, 3.8) is 0 Å². The van der Waals surface area contributed by atoms with Gasteiger partial charge in [-0.1, -0.05) is 68.8 Å². The summed E-state index contributed by atoms with van der Waals surface area (Å²) in [6.45, 7) is 7.01. The lowest BCUT2D eigenvalue weighted by atomic mass is 10.1. The van der Waals surface area contributed by atoms with Crippen LogP contribution in [0.15, 0.2) is 71.2 Å². The van der Waals surface area contributed by atoms with Crippen molar-refractivity contribution in [3.8, 4) is 0 Å². The molecule has 36 heavy (non-hydrogen) atoms. The van der Waals surface area contributed by atoms with Crippen LogP contribution in [0, 0.1) is 0 Å². The molecule has 9 heteroatoms. The van der Waals surface area contributed by atoms with E-state index in [1.807, 2.05) is 60.7 Å². The Hall–Kier alpha value is -3.08. The summed E-state index contributed by atoms with van der Waals surface area (Å²) in [4.78, 5) is 15.7. The summed E-state index contributed by atoms with van der Waals surface area (Å²) in [5.74, 6) is -0.606. The Kier molecular flexibility index (Phi) is 21.6. The number of carbonyl (C=O) groups excluding carboxylic acids is 1. The second-order valence-electron chi connectivity index (χ2n) is 7.14. The molecule has 0 saturated heterocycles. The molecule has 0 heterocycles. The third kappa shape index (κ3) is 17.4. The Labute approximate surface area is 214 Å². The van der Waals surface area contributed by atoms with Gasteiger partial charge in [0.15, 0.2) is 0 Å². The van der Waals surface area contributed by atoms with Crippen molar-refractivity contribution in [3.05, 3.63) is 71.8 Å². The van der Waals surface area contributed by atoms with E-state index in [1.54, 1.807) is 0 Å². The highest BCUT2D eigenvalue weighted by Gasteiger charge is 2.09. The number of aliphatic hydroxyl groups excluding tert-OH is 2. The van der Waals surface area contributed by atoms with Gasteiger partial charge in [0.1, 0.15) is 0 Å². The molecular formula is C27H41N3O6. The average Bonchev–Trinajstić information content (AvgIpc) is 2.89. The van der Waals surface area contributed by atoms with Crippen molar-refractivity contribution in [2.45, 2.75) is 20.3 Å². The van der Waals surface area contributed by atoms with Gasteiger partial charge in [-0.15, -0.1) is 0 Å². The van der Waals surface area contributed by atoms with Crippen molar-refractivity contribution in [2.24, 2.45) is 16.5 Å². The van der Waals surface area contributed by atoms with Crippen LogP contribution < -0.4 is 11.5 Å². The number of benzene rings is 2. The monoisotopic (exact) mass is 503 g/mol. The normalized spacial score (nSPS) is 11.1. The topological polar surface area (TPSA) is 150 Å². The van der Waals surface area contributed by atoms with Gasteiger partial charge in [-0.25, -0.2) is 0 Å². The third-order valence-electron chi connectivity index (χ3n) is 3.95. The van der Waals surface area contributed by atoms with E-state index < -0.39 is 5.91 Å². The van der Waals surface area contributed by atoms with Crippen LogP contribution in [0.3, 0.4) is 0 Å². The minimum atomic E-state index is -0.606. The molecule has 0 bridgehead atoms. The predicted molar refractivity (Wildman–Crippen MR) is 144 cm³/mol. The van der Waals surface area contributed by atoms with Crippen LogP contribution in [-0.4, -0.2) is 75.2 Å². The summed E-state index contributed by atoms with van der Waals surface area (Å²) in [7, 11) is 0. The molecule has 0 saturated carbocycles. The summed E-state index contributed by atoms with van der Waals surface area (Å²) < 4.78 is 15.0. The van der Waals surface area contributed by atoms with E-state index in [2.05, 4.69) is 18.8 Å². The van der Waals surface area contributed by atoms with Gasteiger partial charge < -0.3 is 35.9 Å². The van der Waals surface area contributed by atoms with Crippen molar-refractivity contribution < 1.29 is 29.2 Å². The van der Waals surface area contributed by atoms with Crippen molar-refractivity contribution >= 4 is 23.5 Å². The fourth-order valence-electron chi connectivity index (χ4n) is 2.36. The van der Waals surface area contributed by atoms with Gasteiger partial charge in [0.2, 0.25) is 0 Å². The molecule has 200 valence electrons. The van der Waals surface area contributed by atoms with Gasteiger partial charge in [-0.05, 0) is 17.7 Å². The van der Waals surface area contributed by atoms with Gasteiger partial charge in [0.05, 0.1) is 69.8 Å². The molecule has 0 aliphatic carbocycles. The second kappa shape index (κ2) is 23.7. The number of hydrogen-bond acceptors (Lipinski definition) is 8. The van der Waals surface area contributed by atoms with E-state index >= 15 is 0 Å². The molecule has 2 aromatic rings. The SMILES string of the molecule is CCC.NC(=O)/C(C=Nc1ccccc1)=C(/N)c1ccccc1.OCCOCCOCCOCCO. The largest absolute Gasteiger partial charge is 0.398 e. The minimum absolute atomic E-state index is 0.0413. The van der Waals surface area contributed by atoms with Gasteiger partial charge >= 0.3 is 0 Å². The van der Waals surface area contributed by atoms with Gasteiger partial charge in [0.25, 0.3) is 5.91 Å². The maximum atomic E-state index is 11.5. The molecule has 0 aromatic heterocycles. The van der Waals surface area contributed by atoms with Crippen molar-refractivity contribution in [1.82, 2.24) is 0 Å². The molecule has 0 radical (unpaired) electrons. The van der Waals surface area contributed by atoms with Crippen LogP contribution in [0.5, 0.6) is 0 Å². The second-order valence-corrected chi connectivity index (χ2v) is 7.14. The maximum absolute atomic E-state index is 11.5. The lowest BCUT2D eigenvalue weighted by Crippen LogP contribution is -2.19. The first-order chi connectivity index (χ1) is 17.5. The summed E-state index contributed by atoms with van der Waals surface area (Å²) in [5, 5.41) is 16.7. The average molecular weight is 504 g/mol. The quantitative estimate of drug-likeness (QED) is 0.176. The van der Waals surface area contributed by atoms with Crippen molar-refractivity contribution in [2.75, 3.05) is 52.9 Å². The number of nitrogens with zero attached hydrogens (tertiary/aromatic N) is 1. The molecule has 1 amide bonds. The third-order valence-corrected chi connectivity index (χ3v) is 3.95. The minimum Gasteiger partial charge on any atom is -0.398 e. The lowest BCUT2D eigenvalue weighted by molar-refractivity contribution is -0.114. The molecule has 0 aliphatic heterocycles. The van der Waals surface area contributed by atoms with Crippen LogP contribution in [0.2, 0.25) is 0 Å². The Morgan fingerprint density at radius 2 is 1.19 bits per heavy atom. The summed E-state index contributed by atoms with van der Waals surface area (Å²) in [5.41, 5.74) is 13.3. The summed E-state index contributed by atoms with van der Waals surface area (Å²) in [6, 6.07) is 18.5. The predicted octanol–water partition coefficient (Wildman–Crippen LogP) is 2.68. The number of aliphatic imine (C=N–C) groups is 1. The van der Waals surface area contributed by atoms with Gasteiger partial charge in [-0.3, -0.25) is 9.79 Å². The van der Waals surface area contributed by atoms with Crippen LogP contribution in [0.4, 0.5) is 5.69 Å². The molecule has 0 fully saturated rings. The molecule has 2 rings (SSSR count). The first-order valence-corrected chi connectivity index (χ1v) is 11.9. The number of amides is 1. The Morgan fingerprint density at radius 1 is 0.778 bits per heavy atom. The first-order valence-electron chi connectivity index (χ1n) is 11.9. The summed E-state index contributed by atoms with van der Waals surface area (Å²) in [6.07, 6.45) is 2.65. The standard InChI is InChI=1S/C16H15N3O.C8H18O5.C3H8/c17-15(12-7-3-1-4-8-12)14(16(18)20)11-19-13-9-5-2-6-10-13;9-1-3-11-5-7-13-8-6-12-4-2-10;1-3-2/h1-11H,17H2,(H2,18,20);9-10H,1-8H2;3H2,1-2H3/b15-14+,19-11?;;. The smallest absolute Gasteiger partial charge is 0.252 e. The number of primary amides is 1. The number of para-hydroxylation sites is 1. The number of rotatable bonds is 14. The fraction of sp³-hybridized carbons (Fsp3) is 0.407. The highest BCUT2D eigenvalue weighted by molar-refractivity contribution is 6.17. The molecular weight excluding hydrogens is 462 g/mol. The lowest BCUT2D eigenvalue weighted by Gasteiger charge is -2.05. The Bertz CT molecular complexity index is 835. The van der Waals surface area contributed by atoms with E-state index in [0.717, 1.165) is 11.3 Å². The number of aliphatic hydroxyl groups is 2. The zero-order chi connectivity index (χ0) is 26.9. The van der Waals surface area contributed by atoms with Crippen LogP contribution >= 0.6 is 0 Å². The number of ether oxygens (including phenoxy) is 3. The molecule has 0 spiro atoms. The highest BCUT2D eigenvalue weighted by Crippen LogP contribution is 2.14. The van der Waals surface area contributed by atoms with Crippen LogP contribution in [0.1, 0.15) is 25.8 Å². The van der Waals surface area contributed by atoms with Gasteiger partial charge in [-0.2, -0.15) is 0 Å². The maximum Gasteiger partial charge on any atom is 0.252 e. The highest BCUT2D eigenvalue weighted by atomic mass is 16.5. The number of nitrogens with two attached hydrogens (primary N) is 2. The van der Waals surface area contributed by atoms with Gasteiger partial charge in [0, 0.05) is 6.21 Å². The molecule has 2 aromatic carbocycles. The van der Waals surface area contributed by atoms with E-state index in [0.29, 0.717) is 45.3 Å². The molecule has 9 nitrogen and oxygen atoms in total. The van der Waals surface area contributed by atoms with Crippen LogP contribution in [0.25, 0.3) is 5.70 Å². The number of carbonyl (C=O) groups is 1. The fourth-order valence-corrected chi connectivity index (χ4v) is 2.36. The Morgan fingerprint density at radius 3 is 1.61 bits per heavy atom. The summed E-state index contributed by atoms with van der Waals surface area (Å²) >= 11 is 0. The van der Waals surface area contributed by atoms with E-state index in [1.165, 1.54) is 12.6 Å². The number of hydrogen-bond donors (Lipinski definition) is 4. The van der Waals surface area contributed by atoms with E-state index in [9.17, 15) is 4.79 Å². The van der Waals surface area contributed by atoms with Crippen LogP contribution in [-0.2, 0) is 19.0 Å². The molecule has 6 N–H and O–H groups in total. The first kappa shape index (κ1) is 32.9. The zero-order valence-corrected chi connectivity index (χ0v) is 21.3. The molecule has 0 atom stereocenters. The molecule has 0 aliphatic rings. The molecule has 0 unspecified atom stereocenters. The zero-order valence-electron chi connectivity index (χ0n) is 21.3. The Balaban J connectivity index is 0.000000663. The van der Waals surface area contributed by atoms with E-state index in [-0.39, 0.29) is 18.8 Å². The van der Waals surface area contributed by atoms with Crippen molar-refractivity contribution in [1.29, 1.82) is 0 Å². The van der Waals surface area contributed by atoms with E-state index in [4.69, 9.17) is 35.9 Å².